The van der Waals surface area contributed by atoms with Gasteiger partial charge in [-0.1, -0.05) is 0 Å². The number of hydrogen-bond acceptors (Lipinski definition) is 3. The van der Waals surface area contributed by atoms with Crippen LogP contribution < -0.4 is 0 Å². The Bertz CT molecular complexity index is 381. The summed E-state index contributed by atoms with van der Waals surface area (Å²) in [5.41, 5.74) is -2.13. The van der Waals surface area contributed by atoms with E-state index in [-0.39, 0.29) is 5.69 Å². The van der Waals surface area contributed by atoms with Crippen molar-refractivity contribution in [3.8, 4) is 0 Å². The number of aromatic nitrogens is 1. The van der Waals surface area contributed by atoms with Crippen LogP contribution in [0.3, 0.4) is 0 Å². The predicted molar refractivity (Wildman–Crippen MR) is 40.5 cm³/mol. The van der Waals surface area contributed by atoms with E-state index in [1.165, 1.54) is 0 Å². The standard InChI is InChI=1S/C7H5F3N2O2/c1-3-6(12(13)14)4(7(9)10)2-5(8)11-3/h2,7H,1H3. The van der Waals surface area contributed by atoms with Crippen LogP contribution in [0.2, 0.25) is 0 Å². The van der Waals surface area contributed by atoms with Crippen molar-refractivity contribution in [2.45, 2.75) is 13.3 Å². The zero-order valence-electron chi connectivity index (χ0n) is 7.00. The zero-order chi connectivity index (χ0) is 10.9. The summed E-state index contributed by atoms with van der Waals surface area (Å²) in [6, 6.07) is 0.371. The molecule has 0 spiro atoms. The lowest BCUT2D eigenvalue weighted by atomic mass is 10.2. The molecule has 1 aromatic rings. The Hall–Kier alpha value is -1.66. The number of aryl methyl sites for hydroxylation is 1. The second-order valence-electron chi connectivity index (χ2n) is 2.53. The van der Waals surface area contributed by atoms with E-state index < -0.39 is 28.5 Å². The quantitative estimate of drug-likeness (QED) is 0.424. The molecule has 14 heavy (non-hydrogen) atoms. The van der Waals surface area contributed by atoms with Crippen LogP contribution in [0.1, 0.15) is 17.7 Å². The van der Waals surface area contributed by atoms with Crippen LogP contribution in [-0.4, -0.2) is 9.91 Å². The third kappa shape index (κ3) is 1.81. The van der Waals surface area contributed by atoms with Gasteiger partial charge in [-0.15, -0.1) is 0 Å². The van der Waals surface area contributed by atoms with E-state index in [1.807, 2.05) is 0 Å². The van der Waals surface area contributed by atoms with E-state index >= 15 is 0 Å². The zero-order valence-corrected chi connectivity index (χ0v) is 7.00. The van der Waals surface area contributed by atoms with Gasteiger partial charge in [0.2, 0.25) is 5.95 Å². The first kappa shape index (κ1) is 10.4. The molecule has 0 aliphatic carbocycles. The van der Waals surface area contributed by atoms with Crippen molar-refractivity contribution in [3.63, 3.8) is 0 Å². The van der Waals surface area contributed by atoms with Gasteiger partial charge in [-0.05, 0) is 6.92 Å². The molecule has 0 saturated heterocycles. The molecule has 76 valence electrons. The largest absolute Gasteiger partial charge is 0.299 e. The number of nitrogens with zero attached hydrogens (tertiary/aromatic N) is 2. The maximum atomic E-state index is 12.6. The summed E-state index contributed by atoms with van der Waals surface area (Å²) in [5.74, 6) is -1.15. The molecular weight excluding hydrogens is 201 g/mol. The molecular formula is C7H5F3N2O2. The summed E-state index contributed by atoms with van der Waals surface area (Å²) in [6.45, 7) is 1.10. The summed E-state index contributed by atoms with van der Waals surface area (Å²) < 4.78 is 37.1. The van der Waals surface area contributed by atoms with E-state index in [4.69, 9.17) is 0 Å². The molecule has 1 heterocycles. The number of halogens is 3. The predicted octanol–water partition coefficient (Wildman–Crippen LogP) is 2.37. The molecule has 0 atom stereocenters. The van der Waals surface area contributed by atoms with Gasteiger partial charge in [0.1, 0.15) is 11.3 Å². The maximum absolute atomic E-state index is 12.6. The van der Waals surface area contributed by atoms with E-state index in [9.17, 15) is 23.3 Å². The minimum Gasteiger partial charge on any atom is -0.258 e. The molecule has 0 amide bonds. The smallest absolute Gasteiger partial charge is 0.258 e. The first-order chi connectivity index (χ1) is 6.43. The van der Waals surface area contributed by atoms with E-state index in [0.29, 0.717) is 6.07 Å². The minimum absolute atomic E-state index is 0.356. The third-order valence-electron chi connectivity index (χ3n) is 1.58. The fourth-order valence-electron chi connectivity index (χ4n) is 1.05. The van der Waals surface area contributed by atoms with Gasteiger partial charge in [-0.3, -0.25) is 10.1 Å². The third-order valence-corrected chi connectivity index (χ3v) is 1.58. The SMILES string of the molecule is Cc1nc(F)cc(C(F)F)c1[N+](=O)[O-]. The number of alkyl halides is 2. The normalized spacial score (nSPS) is 10.6. The first-order valence-corrected chi connectivity index (χ1v) is 3.53. The van der Waals surface area contributed by atoms with Crippen LogP contribution in [-0.2, 0) is 0 Å². The van der Waals surface area contributed by atoms with Crippen molar-refractivity contribution >= 4 is 5.69 Å². The molecule has 0 aliphatic rings. The fourth-order valence-corrected chi connectivity index (χ4v) is 1.05. The van der Waals surface area contributed by atoms with Crippen LogP contribution in [0.5, 0.6) is 0 Å². The Morgan fingerprint density at radius 3 is 2.57 bits per heavy atom. The minimum atomic E-state index is -3.09. The summed E-state index contributed by atoms with van der Waals surface area (Å²) in [6.07, 6.45) is -3.09. The van der Waals surface area contributed by atoms with Crippen LogP contribution in [0, 0.1) is 23.0 Å². The molecule has 1 aromatic heterocycles. The molecule has 7 heteroatoms. The fraction of sp³-hybridized carbons (Fsp3) is 0.286. The molecule has 4 nitrogen and oxygen atoms in total. The average Bonchev–Trinajstić information content (AvgIpc) is 2.01. The number of rotatable bonds is 2. The van der Waals surface area contributed by atoms with Crippen molar-refractivity contribution in [2.24, 2.45) is 0 Å². The van der Waals surface area contributed by atoms with E-state index in [0.717, 1.165) is 6.92 Å². The van der Waals surface area contributed by atoms with Gasteiger partial charge in [0.15, 0.2) is 0 Å². The van der Waals surface area contributed by atoms with Gasteiger partial charge in [0.25, 0.3) is 12.1 Å². The second kappa shape index (κ2) is 3.60. The highest BCUT2D eigenvalue weighted by molar-refractivity contribution is 5.44. The number of hydrogen-bond donors (Lipinski definition) is 0. The van der Waals surface area contributed by atoms with Crippen molar-refractivity contribution in [1.82, 2.24) is 4.98 Å². The molecule has 0 N–H and O–H groups in total. The lowest BCUT2D eigenvalue weighted by Gasteiger charge is -2.03. The summed E-state index contributed by atoms with van der Waals surface area (Å²) in [7, 11) is 0. The van der Waals surface area contributed by atoms with Gasteiger partial charge in [-0.25, -0.2) is 13.8 Å². The molecule has 1 rings (SSSR count). The summed E-state index contributed by atoms with van der Waals surface area (Å²) >= 11 is 0. The lowest BCUT2D eigenvalue weighted by molar-refractivity contribution is -0.387. The van der Waals surface area contributed by atoms with Crippen molar-refractivity contribution in [1.29, 1.82) is 0 Å². The summed E-state index contributed by atoms with van der Waals surface area (Å²) in [5, 5.41) is 10.4. The summed E-state index contributed by atoms with van der Waals surface area (Å²) in [4.78, 5) is 12.5. The first-order valence-electron chi connectivity index (χ1n) is 3.53. The van der Waals surface area contributed by atoms with Crippen molar-refractivity contribution in [2.75, 3.05) is 0 Å². The van der Waals surface area contributed by atoms with Crippen molar-refractivity contribution in [3.05, 3.63) is 33.4 Å². The molecule has 0 radical (unpaired) electrons. The van der Waals surface area contributed by atoms with Crippen LogP contribution in [0.4, 0.5) is 18.9 Å². The number of nitro groups is 1. The molecule has 0 aromatic carbocycles. The highest BCUT2D eigenvalue weighted by Crippen LogP contribution is 2.30. The molecule has 0 aliphatic heterocycles. The van der Waals surface area contributed by atoms with Gasteiger partial charge >= 0.3 is 0 Å². The van der Waals surface area contributed by atoms with E-state index in [2.05, 4.69) is 4.98 Å². The molecule has 0 bridgehead atoms. The molecule has 0 fully saturated rings. The Kier molecular flexibility index (Phi) is 2.68. The van der Waals surface area contributed by atoms with Crippen molar-refractivity contribution < 1.29 is 18.1 Å². The second-order valence-corrected chi connectivity index (χ2v) is 2.53. The van der Waals surface area contributed by atoms with Gasteiger partial charge in [-0.2, -0.15) is 4.39 Å². The van der Waals surface area contributed by atoms with E-state index in [1.54, 1.807) is 0 Å². The van der Waals surface area contributed by atoms with Gasteiger partial charge in [0.05, 0.1) is 4.92 Å². The average molecular weight is 206 g/mol. The molecule has 0 unspecified atom stereocenters. The van der Waals surface area contributed by atoms with Crippen LogP contribution in [0.25, 0.3) is 0 Å². The Morgan fingerprint density at radius 2 is 2.14 bits per heavy atom. The van der Waals surface area contributed by atoms with Crippen LogP contribution in [0.15, 0.2) is 6.07 Å². The highest BCUT2D eigenvalue weighted by atomic mass is 19.3. The maximum Gasteiger partial charge on any atom is 0.299 e. The van der Waals surface area contributed by atoms with Gasteiger partial charge < -0.3 is 0 Å². The Balaban J connectivity index is 3.44. The number of pyridine rings is 1. The lowest BCUT2D eigenvalue weighted by Crippen LogP contribution is -2.02. The Labute approximate surface area is 76.5 Å². The topological polar surface area (TPSA) is 56.0 Å². The Morgan fingerprint density at radius 1 is 1.57 bits per heavy atom. The highest BCUT2D eigenvalue weighted by Gasteiger charge is 2.26. The monoisotopic (exact) mass is 206 g/mol. The van der Waals surface area contributed by atoms with Gasteiger partial charge in [0, 0.05) is 6.07 Å². The van der Waals surface area contributed by atoms with Crippen LogP contribution >= 0.6 is 0 Å². The molecule has 0 saturated carbocycles.